The van der Waals surface area contributed by atoms with Gasteiger partial charge in [-0.05, 0) is 17.3 Å². The first kappa shape index (κ1) is 6.70. The summed E-state index contributed by atoms with van der Waals surface area (Å²) in [5.74, 6) is 0. The van der Waals surface area contributed by atoms with Crippen molar-refractivity contribution in [2.24, 2.45) is 5.18 Å². The van der Waals surface area contributed by atoms with E-state index in [4.69, 9.17) is 5.21 Å². The molecule has 0 fully saturated rings. The monoisotopic (exact) mass is 138 g/mol. The van der Waals surface area contributed by atoms with Gasteiger partial charge in [-0.15, -0.1) is 4.91 Å². The van der Waals surface area contributed by atoms with Crippen molar-refractivity contribution in [3.05, 3.63) is 41.2 Å². The van der Waals surface area contributed by atoms with Crippen LogP contribution in [0, 0.1) is 4.91 Å². The van der Waals surface area contributed by atoms with Crippen molar-refractivity contribution >= 4 is 0 Å². The average molecular weight is 138 g/mol. The first-order chi connectivity index (χ1) is 4.84. The van der Waals surface area contributed by atoms with Crippen molar-refractivity contribution in [1.29, 1.82) is 0 Å². The molecule has 1 aliphatic rings. The molecule has 4 heteroatoms. The molecule has 0 spiro atoms. The topological polar surface area (TPSA) is 52.9 Å². The van der Waals surface area contributed by atoms with Gasteiger partial charge in [0.15, 0.2) is 0 Å². The molecule has 0 saturated heterocycles. The van der Waals surface area contributed by atoms with Gasteiger partial charge in [0.1, 0.15) is 0 Å². The molecule has 4 nitrogen and oxygen atoms in total. The fourth-order valence-corrected chi connectivity index (χ4v) is 0.604. The zero-order chi connectivity index (χ0) is 7.40. The molecule has 52 valence electrons. The molecule has 0 aliphatic carbocycles. The zero-order valence-corrected chi connectivity index (χ0v) is 5.14. The summed E-state index contributed by atoms with van der Waals surface area (Å²) in [5, 5.41) is 12.3. The van der Waals surface area contributed by atoms with Gasteiger partial charge in [0.25, 0.3) is 0 Å². The number of hydrogen-bond donors (Lipinski definition) is 1. The van der Waals surface area contributed by atoms with Crippen molar-refractivity contribution in [1.82, 2.24) is 5.06 Å². The van der Waals surface area contributed by atoms with Gasteiger partial charge in [0.2, 0.25) is 0 Å². The predicted molar refractivity (Wildman–Crippen MR) is 35.8 cm³/mol. The van der Waals surface area contributed by atoms with Gasteiger partial charge in [-0.3, -0.25) is 5.21 Å². The molecule has 1 aliphatic heterocycles. The lowest BCUT2D eigenvalue weighted by atomic mass is 10.3. The van der Waals surface area contributed by atoms with Crippen LogP contribution in [0.5, 0.6) is 0 Å². The lowest BCUT2D eigenvalue weighted by Gasteiger charge is -2.13. The maximum Gasteiger partial charge on any atom is 0.0976 e. The molecule has 10 heavy (non-hydrogen) atoms. The summed E-state index contributed by atoms with van der Waals surface area (Å²) in [7, 11) is 0. The second kappa shape index (κ2) is 2.93. The van der Waals surface area contributed by atoms with Crippen molar-refractivity contribution in [3.63, 3.8) is 0 Å². The van der Waals surface area contributed by atoms with Gasteiger partial charge >= 0.3 is 0 Å². The van der Waals surface area contributed by atoms with E-state index in [0.717, 1.165) is 11.3 Å². The summed E-state index contributed by atoms with van der Waals surface area (Å²) in [6.45, 7) is 0. The SMILES string of the molecule is O=NC=C1C=CC=CN1O. The van der Waals surface area contributed by atoms with E-state index in [1.807, 2.05) is 0 Å². The Labute approximate surface area is 57.7 Å². The molecule has 1 rings (SSSR count). The number of rotatable bonds is 1. The molecule has 1 heterocycles. The van der Waals surface area contributed by atoms with Crippen LogP contribution in [0.25, 0.3) is 0 Å². The molecular formula is C6H6N2O2. The molecule has 0 radical (unpaired) electrons. The summed E-state index contributed by atoms with van der Waals surface area (Å²) < 4.78 is 0. The normalized spacial score (nSPS) is 20.1. The van der Waals surface area contributed by atoms with E-state index in [-0.39, 0.29) is 0 Å². The number of hydroxylamine groups is 2. The zero-order valence-electron chi connectivity index (χ0n) is 5.14. The van der Waals surface area contributed by atoms with Crippen molar-refractivity contribution in [3.8, 4) is 0 Å². The third-order valence-corrected chi connectivity index (χ3v) is 1.05. The Kier molecular flexibility index (Phi) is 1.96. The molecule has 0 atom stereocenters. The van der Waals surface area contributed by atoms with Crippen molar-refractivity contribution < 1.29 is 5.21 Å². The van der Waals surface area contributed by atoms with E-state index >= 15 is 0 Å². The minimum atomic E-state index is 0.359. The fourth-order valence-electron chi connectivity index (χ4n) is 0.604. The third kappa shape index (κ3) is 1.29. The number of hydrogen-bond acceptors (Lipinski definition) is 4. The van der Waals surface area contributed by atoms with Gasteiger partial charge in [-0.1, -0.05) is 6.08 Å². The molecule has 0 amide bonds. The maximum atomic E-state index is 9.70. The molecule has 0 aromatic rings. The number of nitroso groups, excluding NO2 is 1. The summed E-state index contributed by atoms with van der Waals surface area (Å²) in [6.07, 6.45) is 7.35. The molecule has 0 saturated carbocycles. The highest BCUT2D eigenvalue weighted by molar-refractivity contribution is 5.25. The van der Waals surface area contributed by atoms with Crippen molar-refractivity contribution in [2.45, 2.75) is 0 Å². The Balaban J connectivity index is 2.79. The van der Waals surface area contributed by atoms with Gasteiger partial charge in [-0.25, -0.2) is 5.06 Å². The highest BCUT2D eigenvalue weighted by Gasteiger charge is 2.00. The third-order valence-electron chi connectivity index (χ3n) is 1.05. The molecule has 0 aromatic carbocycles. The van der Waals surface area contributed by atoms with Crippen LogP contribution in [0.15, 0.2) is 41.5 Å². The van der Waals surface area contributed by atoms with Crippen LogP contribution in [0.3, 0.4) is 0 Å². The lowest BCUT2D eigenvalue weighted by molar-refractivity contribution is -0.000478. The Bertz CT molecular complexity index is 218. The van der Waals surface area contributed by atoms with Crippen LogP contribution in [0.2, 0.25) is 0 Å². The molecular weight excluding hydrogens is 132 g/mol. The first-order valence-corrected chi connectivity index (χ1v) is 2.70. The van der Waals surface area contributed by atoms with Crippen LogP contribution >= 0.6 is 0 Å². The molecule has 0 aromatic heterocycles. The Morgan fingerprint density at radius 1 is 1.60 bits per heavy atom. The minimum absolute atomic E-state index is 0.359. The van der Waals surface area contributed by atoms with E-state index in [1.54, 1.807) is 18.2 Å². The van der Waals surface area contributed by atoms with Crippen LogP contribution < -0.4 is 0 Å². The highest BCUT2D eigenvalue weighted by Crippen LogP contribution is 2.08. The standard InChI is InChI=1S/C6H6N2O2/c9-7-5-6-3-1-2-4-8(6)10/h1-5,10H. The van der Waals surface area contributed by atoms with Crippen LogP contribution in [0.1, 0.15) is 0 Å². The quantitative estimate of drug-likeness (QED) is 0.556. The number of nitrogens with zero attached hydrogens (tertiary/aromatic N) is 2. The summed E-state index contributed by atoms with van der Waals surface area (Å²) in [4.78, 5) is 9.70. The Morgan fingerprint density at radius 2 is 2.40 bits per heavy atom. The average Bonchev–Trinajstić information content (AvgIpc) is 1.94. The highest BCUT2D eigenvalue weighted by atomic mass is 16.5. The second-order valence-corrected chi connectivity index (χ2v) is 1.70. The summed E-state index contributed by atoms with van der Waals surface area (Å²) in [5.41, 5.74) is 0.359. The van der Waals surface area contributed by atoms with E-state index in [1.165, 1.54) is 6.20 Å². The smallest absolute Gasteiger partial charge is 0.0976 e. The van der Waals surface area contributed by atoms with E-state index < -0.39 is 0 Å². The van der Waals surface area contributed by atoms with Gasteiger partial charge in [0, 0.05) is 6.20 Å². The van der Waals surface area contributed by atoms with Gasteiger partial charge in [0.05, 0.1) is 11.9 Å². The fraction of sp³-hybridized carbons (Fsp3) is 0. The molecule has 1 N–H and O–H groups in total. The Morgan fingerprint density at radius 3 is 3.00 bits per heavy atom. The minimum Gasteiger partial charge on any atom is -0.284 e. The first-order valence-electron chi connectivity index (χ1n) is 2.70. The predicted octanol–water partition coefficient (Wildman–Crippen LogP) is 1.37. The second-order valence-electron chi connectivity index (χ2n) is 1.70. The van der Waals surface area contributed by atoms with Gasteiger partial charge < -0.3 is 0 Å². The van der Waals surface area contributed by atoms with E-state index in [9.17, 15) is 4.91 Å². The lowest BCUT2D eigenvalue weighted by Crippen LogP contribution is -2.10. The van der Waals surface area contributed by atoms with Crippen LogP contribution in [0.4, 0.5) is 0 Å². The van der Waals surface area contributed by atoms with E-state index in [0.29, 0.717) is 5.70 Å². The van der Waals surface area contributed by atoms with Crippen LogP contribution in [-0.2, 0) is 0 Å². The van der Waals surface area contributed by atoms with E-state index in [2.05, 4.69) is 5.18 Å². The van der Waals surface area contributed by atoms with Crippen molar-refractivity contribution in [2.75, 3.05) is 0 Å². The maximum absolute atomic E-state index is 9.70. The van der Waals surface area contributed by atoms with Crippen LogP contribution in [-0.4, -0.2) is 10.3 Å². The summed E-state index contributed by atoms with van der Waals surface area (Å²) in [6, 6.07) is 0. The summed E-state index contributed by atoms with van der Waals surface area (Å²) >= 11 is 0. The largest absolute Gasteiger partial charge is 0.284 e. The number of allylic oxidation sites excluding steroid dienone is 3. The molecule has 0 bridgehead atoms. The molecule has 0 unspecified atom stereocenters. The van der Waals surface area contributed by atoms with Gasteiger partial charge in [-0.2, -0.15) is 0 Å². The Hall–Kier alpha value is -1.42.